The van der Waals surface area contributed by atoms with Crippen LogP contribution in [0.15, 0.2) is 88.9 Å². The van der Waals surface area contributed by atoms with Gasteiger partial charge in [-0.05, 0) is 99.2 Å². The van der Waals surface area contributed by atoms with Crippen LogP contribution in [0, 0.1) is 6.92 Å². The van der Waals surface area contributed by atoms with Gasteiger partial charge >= 0.3 is 5.97 Å². The van der Waals surface area contributed by atoms with Gasteiger partial charge < -0.3 is 10.2 Å². The van der Waals surface area contributed by atoms with E-state index in [0.717, 1.165) is 17.4 Å². The Bertz CT molecular complexity index is 1540. The highest BCUT2D eigenvalue weighted by atomic mass is 32.1. The van der Waals surface area contributed by atoms with E-state index >= 15 is 0 Å². The Hall–Kier alpha value is -3.03. The molecule has 0 saturated heterocycles. The summed E-state index contributed by atoms with van der Waals surface area (Å²) in [6.45, 7) is 2.35. The lowest BCUT2D eigenvalue weighted by atomic mass is 10.1. The van der Waals surface area contributed by atoms with Gasteiger partial charge in [-0.2, -0.15) is 0 Å². The van der Waals surface area contributed by atoms with Crippen LogP contribution in [0.2, 0.25) is 0 Å². The van der Waals surface area contributed by atoms with E-state index in [1.165, 1.54) is 36.0 Å². The van der Waals surface area contributed by atoms with E-state index in [-0.39, 0.29) is 13.0 Å². The fourth-order valence-electron chi connectivity index (χ4n) is 3.69. The highest BCUT2D eigenvalue weighted by Gasteiger charge is 2.01. The monoisotopic (exact) mass is 518 g/mol. The lowest BCUT2D eigenvalue weighted by molar-refractivity contribution is -0.136. The molecule has 3 heterocycles. The second-order valence-electron chi connectivity index (χ2n) is 8.09. The number of carbonyl (C=O) groups is 1. The zero-order valence-corrected chi connectivity index (χ0v) is 21.8. The van der Waals surface area contributed by atoms with Gasteiger partial charge in [0.1, 0.15) is 0 Å². The summed E-state index contributed by atoms with van der Waals surface area (Å²) >= 11 is 5.22. The van der Waals surface area contributed by atoms with Gasteiger partial charge in [0.05, 0.1) is 6.42 Å². The third-order valence-corrected chi connectivity index (χ3v) is 8.09. The molecule has 3 aromatic heterocycles. The molecule has 0 saturated carbocycles. The van der Waals surface area contributed by atoms with Crippen molar-refractivity contribution in [2.75, 3.05) is 6.61 Å². The number of benzene rings is 3. The van der Waals surface area contributed by atoms with E-state index in [0.29, 0.717) is 0 Å². The molecule has 35 heavy (non-hydrogen) atoms. The first-order chi connectivity index (χ1) is 17.0. The first-order valence-corrected chi connectivity index (χ1v) is 13.8. The summed E-state index contributed by atoms with van der Waals surface area (Å²) in [5.41, 5.74) is 3.41. The van der Waals surface area contributed by atoms with Gasteiger partial charge in [0.25, 0.3) is 0 Å². The molecule has 0 amide bonds. The Labute approximate surface area is 216 Å². The number of fused-ring (bicyclic) bond motifs is 3. The topological polar surface area (TPSA) is 57.5 Å². The van der Waals surface area contributed by atoms with Gasteiger partial charge in [-0.25, -0.2) is 0 Å². The van der Waals surface area contributed by atoms with Crippen molar-refractivity contribution in [2.24, 2.45) is 0 Å². The Kier molecular flexibility index (Phi) is 8.66. The average molecular weight is 519 g/mol. The van der Waals surface area contributed by atoms with Crippen LogP contribution in [0.5, 0.6) is 0 Å². The van der Waals surface area contributed by atoms with Crippen molar-refractivity contribution in [3.8, 4) is 0 Å². The summed E-state index contributed by atoms with van der Waals surface area (Å²) in [6, 6.07) is 24.9. The molecule has 0 aliphatic heterocycles. The number of rotatable bonds is 4. The highest BCUT2D eigenvalue weighted by molar-refractivity contribution is 7.17. The van der Waals surface area contributed by atoms with Crippen LogP contribution in [0.4, 0.5) is 0 Å². The maximum absolute atomic E-state index is 10.4. The number of aliphatic hydroxyl groups excluding tert-OH is 1. The quantitative estimate of drug-likeness (QED) is 0.247. The van der Waals surface area contributed by atoms with Crippen molar-refractivity contribution < 1.29 is 15.0 Å². The van der Waals surface area contributed by atoms with E-state index in [4.69, 9.17) is 10.2 Å². The van der Waals surface area contributed by atoms with Crippen LogP contribution < -0.4 is 0 Å². The number of carboxylic acids is 1. The summed E-state index contributed by atoms with van der Waals surface area (Å²) < 4.78 is 3.90. The molecule has 0 unspecified atom stereocenters. The van der Waals surface area contributed by atoms with Crippen molar-refractivity contribution in [2.45, 2.75) is 19.8 Å². The van der Waals surface area contributed by atoms with Crippen LogP contribution in [0.3, 0.4) is 0 Å². The molecular weight excluding hydrogens is 493 g/mol. The minimum atomic E-state index is -0.783. The lowest BCUT2D eigenvalue weighted by Gasteiger charge is -1.97. The Morgan fingerprint density at radius 1 is 0.686 bits per heavy atom. The zero-order valence-electron chi connectivity index (χ0n) is 19.3. The van der Waals surface area contributed by atoms with Gasteiger partial charge in [0.2, 0.25) is 0 Å². The number of aliphatic carboxylic acids is 1. The Morgan fingerprint density at radius 2 is 1.17 bits per heavy atom. The summed E-state index contributed by atoms with van der Waals surface area (Å²) in [5.74, 6) is -0.783. The molecular formula is C29H26O3S3. The fourth-order valence-corrected chi connectivity index (χ4v) is 6.00. The standard InChI is InChI=1S/C10H8O2S.C10H10OS.C9H8S/c11-10(12)6-7-1-2-9-8(5-7)3-4-13-9;11-5-3-8-1-2-10-9(7-8)4-6-12-10;1-7-2-3-9-8(6-7)4-5-10-9/h1-5H,6H2,(H,11,12);1-2,4,6-7,11H,3,5H2;2-6H,1H3. The number of thiophene rings is 3. The number of hydrogen-bond acceptors (Lipinski definition) is 5. The van der Waals surface area contributed by atoms with Gasteiger partial charge in [-0.15, -0.1) is 34.0 Å². The molecule has 6 aromatic rings. The summed E-state index contributed by atoms with van der Waals surface area (Å²) in [7, 11) is 0. The minimum Gasteiger partial charge on any atom is -0.481 e. The lowest BCUT2D eigenvalue weighted by Crippen LogP contribution is -1.99. The fraction of sp³-hybridized carbons (Fsp3) is 0.138. The van der Waals surface area contributed by atoms with Crippen molar-refractivity contribution in [3.05, 3.63) is 106 Å². The van der Waals surface area contributed by atoms with Crippen molar-refractivity contribution in [1.82, 2.24) is 0 Å². The Balaban J connectivity index is 0.000000125. The SMILES string of the molecule is Cc1ccc2sccc2c1.O=C(O)Cc1ccc2sccc2c1.OCCc1ccc2sccc2c1. The third-order valence-electron chi connectivity index (χ3n) is 5.40. The normalized spacial score (nSPS) is 10.6. The molecule has 0 atom stereocenters. The van der Waals surface area contributed by atoms with Gasteiger partial charge in [0.15, 0.2) is 0 Å². The molecule has 6 rings (SSSR count). The van der Waals surface area contributed by atoms with Gasteiger partial charge in [-0.1, -0.05) is 35.9 Å². The molecule has 0 aliphatic carbocycles. The van der Waals surface area contributed by atoms with Crippen molar-refractivity contribution in [3.63, 3.8) is 0 Å². The number of aliphatic hydroxyl groups is 1. The molecule has 0 radical (unpaired) electrons. The molecule has 0 bridgehead atoms. The number of carboxylic acid groups (broad SMARTS) is 1. The van der Waals surface area contributed by atoms with E-state index < -0.39 is 5.97 Å². The predicted octanol–water partition coefficient (Wildman–Crippen LogP) is 8.17. The molecule has 6 heteroatoms. The van der Waals surface area contributed by atoms with E-state index in [9.17, 15) is 4.79 Å². The molecule has 0 aliphatic rings. The zero-order chi connectivity index (χ0) is 24.6. The van der Waals surface area contributed by atoms with Crippen LogP contribution in [0.1, 0.15) is 16.7 Å². The van der Waals surface area contributed by atoms with Gasteiger partial charge in [0, 0.05) is 20.7 Å². The molecule has 0 fully saturated rings. The van der Waals surface area contributed by atoms with E-state index in [1.807, 2.05) is 29.6 Å². The maximum atomic E-state index is 10.4. The second-order valence-corrected chi connectivity index (χ2v) is 10.9. The first kappa shape index (κ1) is 25.1. The van der Waals surface area contributed by atoms with E-state index in [2.05, 4.69) is 66.2 Å². The first-order valence-electron chi connectivity index (χ1n) is 11.2. The third kappa shape index (κ3) is 6.99. The van der Waals surface area contributed by atoms with Crippen LogP contribution >= 0.6 is 34.0 Å². The largest absolute Gasteiger partial charge is 0.481 e. The molecule has 178 valence electrons. The van der Waals surface area contributed by atoms with Crippen molar-refractivity contribution in [1.29, 1.82) is 0 Å². The molecule has 2 N–H and O–H groups in total. The number of hydrogen-bond donors (Lipinski definition) is 2. The molecule has 0 spiro atoms. The van der Waals surface area contributed by atoms with Crippen LogP contribution in [0.25, 0.3) is 30.3 Å². The summed E-state index contributed by atoms with van der Waals surface area (Å²) in [6.07, 6.45) is 0.859. The number of aryl methyl sites for hydroxylation is 1. The average Bonchev–Trinajstić information content (AvgIpc) is 3.59. The van der Waals surface area contributed by atoms with Gasteiger partial charge in [-0.3, -0.25) is 4.79 Å². The molecule has 3 nitrogen and oxygen atoms in total. The summed E-state index contributed by atoms with van der Waals surface area (Å²) in [4.78, 5) is 10.4. The second kappa shape index (κ2) is 12.1. The van der Waals surface area contributed by atoms with E-state index in [1.54, 1.807) is 34.0 Å². The predicted molar refractivity (Wildman–Crippen MR) is 152 cm³/mol. The highest BCUT2D eigenvalue weighted by Crippen LogP contribution is 2.23. The van der Waals surface area contributed by atoms with Crippen LogP contribution in [-0.2, 0) is 17.6 Å². The molecule has 3 aromatic carbocycles. The maximum Gasteiger partial charge on any atom is 0.307 e. The van der Waals surface area contributed by atoms with Crippen molar-refractivity contribution >= 4 is 70.2 Å². The Morgan fingerprint density at radius 3 is 1.71 bits per heavy atom. The minimum absolute atomic E-state index is 0.103. The smallest absolute Gasteiger partial charge is 0.307 e. The summed E-state index contributed by atoms with van der Waals surface area (Å²) in [5, 5.41) is 27.3. The van der Waals surface area contributed by atoms with Crippen LogP contribution in [-0.4, -0.2) is 22.8 Å².